The molecule has 6 heteroatoms. The molecule has 0 atom stereocenters. The summed E-state index contributed by atoms with van der Waals surface area (Å²) < 4.78 is 12.9. The summed E-state index contributed by atoms with van der Waals surface area (Å²) in [4.78, 5) is 28.7. The summed E-state index contributed by atoms with van der Waals surface area (Å²) in [6, 6.07) is 20.4. The summed E-state index contributed by atoms with van der Waals surface area (Å²) in [6.07, 6.45) is 0.573. The van der Waals surface area contributed by atoms with Crippen molar-refractivity contribution >= 4 is 11.8 Å². The van der Waals surface area contributed by atoms with Crippen molar-refractivity contribution in [1.82, 2.24) is 15.6 Å². The standard InChI is InChI=1S/C22H20FN3O2/c23-18-11-9-16(10-12-18)13-14-24-21(27)19-7-4-8-20(26-19)22(28)25-15-17-5-2-1-3-6-17/h1-12H,13-15H2,(H,24,27)(H,25,28). The van der Waals surface area contributed by atoms with E-state index < -0.39 is 0 Å². The number of benzene rings is 2. The number of aromatic nitrogens is 1. The molecule has 5 nitrogen and oxygen atoms in total. The van der Waals surface area contributed by atoms with Crippen LogP contribution in [0.3, 0.4) is 0 Å². The van der Waals surface area contributed by atoms with Crippen LogP contribution in [0.4, 0.5) is 4.39 Å². The van der Waals surface area contributed by atoms with Crippen LogP contribution < -0.4 is 10.6 Å². The third-order valence-electron chi connectivity index (χ3n) is 4.12. The number of nitrogens with zero attached hydrogens (tertiary/aromatic N) is 1. The minimum absolute atomic E-state index is 0.173. The molecule has 3 rings (SSSR count). The summed E-state index contributed by atoms with van der Waals surface area (Å²) >= 11 is 0. The Morgan fingerprint density at radius 3 is 2.07 bits per heavy atom. The van der Waals surface area contributed by atoms with Crippen molar-refractivity contribution < 1.29 is 14.0 Å². The number of amides is 2. The number of carbonyl (C=O) groups is 2. The van der Waals surface area contributed by atoms with Crippen LogP contribution in [0, 0.1) is 5.82 Å². The minimum Gasteiger partial charge on any atom is -0.350 e. The van der Waals surface area contributed by atoms with E-state index in [4.69, 9.17) is 0 Å². The summed E-state index contributed by atoms with van der Waals surface area (Å²) in [5.74, 6) is -0.996. The normalized spacial score (nSPS) is 10.3. The molecule has 0 aliphatic rings. The Balaban J connectivity index is 1.53. The summed E-state index contributed by atoms with van der Waals surface area (Å²) in [6.45, 7) is 0.770. The zero-order valence-electron chi connectivity index (χ0n) is 15.2. The first-order chi connectivity index (χ1) is 13.6. The highest BCUT2D eigenvalue weighted by Crippen LogP contribution is 2.04. The van der Waals surface area contributed by atoms with Gasteiger partial charge in [-0.1, -0.05) is 48.5 Å². The third kappa shape index (κ3) is 5.48. The van der Waals surface area contributed by atoms with Crippen molar-refractivity contribution in [1.29, 1.82) is 0 Å². The molecule has 0 saturated heterocycles. The average Bonchev–Trinajstić information content (AvgIpc) is 2.74. The molecule has 0 radical (unpaired) electrons. The van der Waals surface area contributed by atoms with E-state index in [2.05, 4.69) is 15.6 Å². The second-order valence-corrected chi connectivity index (χ2v) is 6.21. The third-order valence-corrected chi connectivity index (χ3v) is 4.12. The van der Waals surface area contributed by atoms with Gasteiger partial charge in [0, 0.05) is 13.1 Å². The lowest BCUT2D eigenvalue weighted by molar-refractivity contribution is 0.0943. The molecule has 0 aliphatic heterocycles. The molecule has 0 unspecified atom stereocenters. The SMILES string of the molecule is O=C(NCCc1ccc(F)cc1)c1cccc(C(=O)NCc2ccccc2)n1. The van der Waals surface area contributed by atoms with Gasteiger partial charge in [-0.2, -0.15) is 0 Å². The summed E-state index contributed by atoms with van der Waals surface area (Å²) in [5.41, 5.74) is 2.25. The van der Waals surface area contributed by atoms with Crippen molar-refractivity contribution in [3.8, 4) is 0 Å². The number of rotatable bonds is 7. The smallest absolute Gasteiger partial charge is 0.270 e. The van der Waals surface area contributed by atoms with Gasteiger partial charge in [-0.15, -0.1) is 0 Å². The monoisotopic (exact) mass is 377 g/mol. The highest BCUT2D eigenvalue weighted by atomic mass is 19.1. The molecule has 0 saturated carbocycles. The van der Waals surface area contributed by atoms with E-state index in [1.165, 1.54) is 12.1 Å². The molecule has 2 N–H and O–H groups in total. The van der Waals surface area contributed by atoms with Gasteiger partial charge >= 0.3 is 0 Å². The predicted octanol–water partition coefficient (Wildman–Crippen LogP) is 3.12. The molecule has 142 valence electrons. The van der Waals surface area contributed by atoms with Crippen LogP contribution in [0.15, 0.2) is 72.8 Å². The Morgan fingerprint density at radius 2 is 1.39 bits per heavy atom. The van der Waals surface area contributed by atoms with Crippen LogP contribution in [-0.4, -0.2) is 23.3 Å². The van der Waals surface area contributed by atoms with Crippen molar-refractivity contribution in [2.75, 3.05) is 6.54 Å². The van der Waals surface area contributed by atoms with E-state index in [-0.39, 0.29) is 29.0 Å². The minimum atomic E-state index is -0.361. The van der Waals surface area contributed by atoms with E-state index in [0.29, 0.717) is 19.5 Å². The molecule has 0 aliphatic carbocycles. The maximum Gasteiger partial charge on any atom is 0.270 e. The molecule has 2 amide bonds. The predicted molar refractivity (Wildman–Crippen MR) is 104 cm³/mol. The van der Waals surface area contributed by atoms with Gasteiger partial charge in [0.2, 0.25) is 0 Å². The molecule has 1 heterocycles. The van der Waals surface area contributed by atoms with E-state index in [1.807, 2.05) is 30.3 Å². The zero-order chi connectivity index (χ0) is 19.8. The van der Waals surface area contributed by atoms with Crippen LogP contribution in [0.5, 0.6) is 0 Å². The van der Waals surface area contributed by atoms with Crippen molar-refractivity contribution in [3.05, 3.63) is 101 Å². The quantitative estimate of drug-likeness (QED) is 0.665. The fourth-order valence-electron chi connectivity index (χ4n) is 2.62. The van der Waals surface area contributed by atoms with Crippen molar-refractivity contribution in [3.63, 3.8) is 0 Å². The molecular formula is C22H20FN3O2. The second-order valence-electron chi connectivity index (χ2n) is 6.21. The number of hydrogen-bond donors (Lipinski definition) is 2. The Morgan fingerprint density at radius 1 is 0.750 bits per heavy atom. The molecule has 2 aromatic carbocycles. The Hall–Kier alpha value is -3.54. The second kappa shape index (κ2) is 9.41. The fraction of sp³-hybridized carbons (Fsp3) is 0.136. The lowest BCUT2D eigenvalue weighted by atomic mass is 10.1. The first kappa shape index (κ1) is 19.2. The maximum absolute atomic E-state index is 12.9. The van der Waals surface area contributed by atoms with Gasteiger partial charge in [0.15, 0.2) is 0 Å². The number of pyridine rings is 1. The first-order valence-electron chi connectivity index (χ1n) is 8.93. The number of carbonyl (C=O) groups excluding carboxylic acids is 2. The Labute approximate surface area is 162 Å². The van der Waals surface area contributed by atoms with Crippen LogP contribution >= 0.6 is 0 Å². The van der Waals surface area contributed by atoms with Crippen LogP contribution in [0.1, 0.15) is 32.1 Å². The van der Waals surface area contributed by atoms with Crippen molar-refractivity contribution in [2.24, 2.45) is 0 Å². The first-order valence-corrected chi connectivity index (χ1v) is 8.93. The van der Waals surface area contributed by atoms with E-state index in [0.717, 1.165) is 11.1 Å². The molecular weight excluding hydrogens is 357 g/mol. The van der Waals surface area contributed by atoms with Crippen LogP contribution in [-0.2, 0) is 13.0 Å². The largest absolute Gasteiger partial charge is 0.350 e. The lowest BCUT2D eigenvalue weighted by Gasteiger charge is -2.08. The van der Waals surface area contributed by atoms with Gasteiger partial charge in [0.25, 0.3) is 11.8 Å². The topological polar surface area (TPSA) is 71.1 Å². The van der Waals surface area contributed by atoms with Gasteiger partial charge in [-0.3, -0.25) is 9.59 Å². The van der Waals surface area contributed by atoms with E-state index in [9.17, 15) is 14.0 Å². The number of halogens is 1. The van der Waals surface area contributed by atoms with Gasteiger partial charge in [0.05, 0.1) is 0 Å². The fourth-order valence-corrected chi connectivity index (χ4v) is 2.62. The van der Waals surface area contributed by atoms with Crippen LogP contribution in [0.25, 0.3) is 0 Å². The van der Waals surface area contributed by atoms with Gasteiger partial charge in [-0.05, 0) is 41.8 Å². The highest BCUT2D eigenvalue weighted by molar-refractivity contribution is 5.96. The maximum atomic E-state index is 12.9. The zero-order valence-corrected chi connectivity index (χ0v) is 15.2. The molecule has 0 fully saturated rings. The lowest BCUT2D eigenvalue weighted by Crippen LogP contribution is -2.28. The van der Waals surface area contributed by atoms with Gasteiger partial charge in [-0.25, -0.2) is 9.37 Å². The molecule has 0 spiro atoms. The molecule has 28 heavy (non-hydrogen) atoms. The number of nitrogens with one attached hydrogen (secondary N) is 2. The van der Waals surface area contributed by atoms with Gasteiger partial charge < -0.3 is 10.6 Å². The van der Waals surface area contributed by atoms with Crippen molar-refractivity contribution in [2.45, 2.75) is 13.0 Å². The number of hydrogen-bond acceptors (Lipinski definition) is 3. The summed E-state index contributed by atoms with van der Waals surface area (Å²) in [7, 11) is 0. The molecule has 0 bridgehead atoms. The molecule has 3 aromatic rings. The Kier molecular flexibility index (Phi) is 6.46. The van der Waals surface area contributed by atoms with E-state index >= 15 is 0 Å². The van der Waals surface area contributed by atoms with Gasteiger partial charge in [0.1, 0.15) is 17.2 Å². The average molecular weight is 377 g/mol. The molecule has 1 aromatic heterocycles. The highest BCUT2D eigenvalue weighted by Gasteiger charge is 2.12. The van der Waals surface area contributed by atoms with Crippen LogP contribution in [0.2, 0.25) is 0 Å². The summed E-state index contributed by atoms with van der Waals surface area (Å²) in [5, 5.41) is 5.55. The Bertz CT molecular complexity index is 944. The van der Waals surface area contributed by atoms with E-state index in [1.54, 1.807) is 30.3 Å².